The van der Waals surface area contributed by atoms with E-state index in [2.05, 4.69) is 24.3 Å². The lowest BCUT2D eigenvalue weighted by Gasteiger charge is -1.83. The predicted octanol–water partition coefficient (Wildman–Crippen LogP) is 1.93. The van der Waals surface area contributed by atoms with Crippen LogP contribution in [0.15, 0.2) is 29.6 Å². The van der Waals surface area contributed by atoms with Crippen LogP contribution in [0.2, 0.25) is 0 Å². The van der Waals surface area contributed by atoms with Crippen molar-refractivity contribution in [3.63, 3.8) is 0 Å². The number of allylic oxidation sites excluding steroid dienone is 5. The third-order valence-electron chi connectivity index (χ3n) is 1.22. The summed E-state index contributed by atoms with van der Waals surface area (Å²) in [6, 6.07) is 0. The van der Waals surface area contributed by atoms with E-state index >= 15 is 0 Å². The summed E-state index contributed by atoms with van der Waals surface area (Å²) in [5.74, 6) is 2.05. The second-order valence-corrected chi connectivity index (χ2v) is 2.73. The largest absolute Gasteiger partial charge is 0.0671 e. The van der Waals surface area contributed by atoms with Crippen LogP contribution in [-0.2, 0) is 0 Å². The minimum absolute atomic E-state index is 1.27. The highest BCUT2D eigenvalue weighted by atomic mass is 31.1. The van der Waals surface area contributed by atoms with Gasteiger partial charge >= 0.3 is 0 Å². The van der Waals surface area contributed by atoms with Crippen molar-refractivity contribution in [2.45, 2.75) is 0 Å². The van der Waals surface area contributed by atoms with Crippen molar-refractivity contribution >= 4 is 13.5 Å². The molecule has 2 rings (SSSR count). The summed E-state index contributed by atoms with van der Waals surface area (Å²) in [5.41, 5.74) is 1.27. The molecule has 8 heavy (non-hydrogen) atoms. The van der Waals surface area contributed by atoms with Crippen molar-refractivity contribution in [1.29, 1.82) is 0 Å². The third kappa shape index (κ3) is 0.439. The summed E-state index contributed by atoms with van der Waals surface area (Å²) in [4.78, 5) is 0. The summed E-state index contributed by atoms with van der Waals surface area (Å²) in [6.07, 6.45) is 9.43. The maximum absolute atomic E-state index is 3.14. The molecule has 0 atom stereocenters. The molecule has 1 radical (unpaired) electrons. The maximum atomic E-state index is 3.14. The predicted molar refractivity (Wildman–Crippen MR) is 37.0 cm³/mol. The van der Waals surface area contributed by atoms with Gasteiger partial charge < -0.3 is 0 Å². The van der Waals surface area contributed by atoms with Crippen LogP contribution >= 0.6 is 8.20 Å². The standard InChI is InChI=1S/C7H4P/c1-2-6-4-5-8-7(6)3-1/h1-3,5H. The number of rotatable bonds is 0. The molecule has 0 amide bonds. The molecule has 0 aromatic rings. The van der Waals surface area contributed by atoms with Gasteiger partial charge in [0.1, 0.15) is 0 Å². The van der Waals surface area contributed by atoms with Gasteiger partial charge in [-0.3, -0.25) is 0 Å². The molecule has 0 spiro atoms. The Morgan fingerprint density at radius 3 is 3.38 bits per heavy atom. The van der Waals surface area contributed by atoms with Gasteiger partial charge in [0.05, 0.1) is 0 Å². The number of fused-ring (bicyclic) bond motifs is 1. The van der Waals surface area contributed by atoms with Crippen molar-refractivity contribution in [2.24, 2.45) is 0 Å². The van der Waals surface area contributed by atoms with Gasteiger partial charge in [0.2, 0.25) is 0 Å². The number of hydrogen-bond acceptors (Lipinski definition) is 0. The van der Waals surface area contributed by atoms with Crippen molar-refractivity contribution in [3.05, 3.63) is 35.7 Å². The van der Waals surface area contributed by atoms with Gasteiger partial charge in [0.15, 0.2) is 0 Å². The van der Waals surface area contributed by atoms with E-state index in [1.54, 1.807) is 0 Å². The third-order valence-corrected chi connectivity index (χ3v) is 2.14. The molecule has 2 aliphatic rings. The summed E-state index contributed by atoms with van der Waals surface area (Å²) in [7, 11) is 1.30. The van der Waals surface area contributed by atoms with Gasteiger partial charge in [-0.2, -0.15) is 0 Å². The van der Waals surface area contributed by atoms with Gasteiger partial charge in [-0.25, -0.2) is 0 Å². The van der Waals surface area contributed by atoms with E-state index in [1.807, 2.05) is 5.82 Å². The normalized spacial score (nSPS) is 23.0. The fourth-order valence-electron chi connectivity index (χ4n) is 0.817. The Balaban J connectivity index is 2.59. The van der Waals surface area contributed by atoms with Crippen LogP contribution in [-0.4, -0.2) is 5.29 Å². The first-order chi connectivity index (χ1) is 3.97. The van der Waals surface area contributed by atoms with E-state index in [0.29, 0.717) is 0 Å². The summed E-state index contributed by atoms with van der Waals surface area (Å²) >= 11 is 0. The molecule has 0 nitrogen and oxygen atoms in total. The molecule has 0 unspecified atom stereocenters. The van der Waals surface area contributed by atoms with Crippen LogP contribution in [0, 0.1) is 6.08 Å². The highest BCUT2D eigenvalue weighted by Gasteiger charge is 2.05. The molecule has 0 aromatic carbocycles. The second-order valence-electron chi connectivity index (χ2n) is 1.73. The maximum Gasteiger partial charge on any atom is 0.00967 e. The van der Waals surface area contributed by atoms with Crippen LogP contribution < -0.4 is 0 Å². The molecule has 0 bridgehead atoms. The van der Waals surface area contributed by atoms with Crippen molar-refractivity contribution in [1.82, 2.24) is 0 Å². The van der Waals surface area contributed by atoms with Crippen LogP contribution in [0.5, 0.6) is 0 Å². The Labute approximate surface area is 50.0 Å². The fourth-order valence-corrected chi connectivity index (χ4v) is 1.61. The number of hydrogen-bond donors (Lipinski definition) is 0. The van der Waals surface area contributed by atoms with Crippen molar-refractivity contribution < 1.29 is 0 Å². The molecule has 37 valence electrons. The van der Waals surface area contributed by atoms with Gasteiger partial charge in [0.25, 0.3) is 0 Å². The van der Waals surface area contributed by atoms with Gasteiger partial charge in [-0.1, -0.05) is 20.4 Å². The zero-order valence-corrected chi connectivity index (χ0v) is 5.15. The first-order valence-electron chi connectivity index (χ1n) is 2.51. The van der Waals surface area contributed by atoms with Crippen LogP contribution in [0.4, 0.5) is 0 Å². The molecule has 0 saturated heterocycles. The second kappa shape index (κ2) is 1.43. The van der Waals surface area contributed by atoms with Gasteiger partial charge in [0, 0.05) is 5.29 Å². The Morgan fingerprint density at radius 1 is 1.50 bits per heavy atom. The lowest BCUT2D eigenvalue weighted by molar-refractivity contribution is 1.83. The summed E-state index contributed by atoms with van der Waals surface area (Å²) in [5, 5.41) is 1.39. The minimum Gasteiger partial charge on any atom is -0.0671 e. The molecular formula is C7H4P. The van der Waals surface area contributed by atoms with E-state index < -0.39 is 0 Å². The van der Waals surface area contributed by atoms with E-state index in [9.17, 15) is 0 Å². The average molecular weight is 119 g/mol. The minimum atomic E-state index is 1.27. The average Bonchev–Trinajstić information content (AvgIpc) is 2.15. The van der Waals surface area contributed by atoms with E-state index in [4.69, 9.17) is 0 Å². The smallest absolute Gasteiger partial charge is 0.00967 e. The van der Waals surface area contributed by atoms with Crippen LogP contribution in [0.1, 0.15) is 0 Å². The quantitative estimate of drug-likeness (QED) is 0.427. The first kappa shape index (κ1) is 4.29. The molecule has 1 aliphatic carbocycles. The van der Waals surface area contributed by atoms with Gasteiger partial charge in [-0.15, -0.1) is 0 Å². The van der Waals surface area contributed by atoms with Gasteiger partial charge in [-0.05, 0) is 23.5 Å². The highest BCUT2D eigenvalue weighted by molar-refractivity contribution is 7.46. The Kier molecular flexibility index (Phi) is 0.767. The van der Waals surface area contributed by atoms with E-state index in [-0.39, 0.29) is 0 Å². The summed E-state index contributed by atoms with van der Waals surface area (Å²) in [6.45, 7) is 0. The summed E-state index contributed by atoms with van der Waals surface area (Å²) < 4.78 is 0. The monoisotopic (exact) mass is 119 g/mol. The van der Waals surface area contributed by atoms with Crippen molar-refractivity contribution in [3.8, 4) is 0 Å². The molecule has 0 saturated carbocycles. The topological polar surface area (TPSA) is 0 Å². The molecule has 0 aromatic heterocycles. The van der Waals surface area contributed by atoms with E-state index in [1.165, 1.54) is 19.1 Å². The zero-order valence-electron chi connectivity index (χ0n) is 4.26. The SMILES string of the molecule is [C]1=CP=C2C=CC=C12. The molecule has 0 fully saturated rings. The van der Waals surface area contributed by atoms with Crippen LogP contribution in [0.25, 0.3) is 0 Å². The van der Waals surface area contributed by atoms with Crippen LogP contribution in [0.3, 0.4) is 0 Å². The Morgan fingerprint density at radius 2 is 2.50 bits per heavy atom. The molecule has 1 aliphatic heterocycles. The Bertz CT molecular complexity index is 203. The lowest BCUT2D eigenvalue weighted by Crippen LogP contribution is -1.82. The zero-order chi connectivity index (χ0) is 5.40. The van der Waals surface area contributed by atoms with E-state index in [0.717, 1.165) is 0 Å². The first-order valence-corrected chi connectivity index (χ1v) is 3.48. The Hall–Kier alpha value is -0.610. The highest BCUT2D eigenvalue weighted by Crippen LogP contribution is 2.23. The lowest BCUT2D eigenvalue weighted by atomic mass is 10.2. The van der Waals surface area contributed by atoms with Crippen molar-refractivity contribution in [2.75, 3.05) is 0 Å². The molecule has 1 heterocycles. The molecular weight excluding hydrogens is 115 g/mol. The molecule has 0 N–H and O–H groups in total. The molecule has 1 heteroatoms. The fraction of sp³-hybridized carbons (Fsp3) is 0.